The number of aliphatic hydroxyl groups is 1. The molecule has 1 unspecified atom stereocenters. The van der Waals surface area contributed by atoms with Crippen LogP contribution >= 0.6 is 0 Å². The predicted octanol–water partition coefficient (Wildman–Crippen LogP) is 3.52. The minimum absolute atomic E-state index is 0.457. The fraction of sp³-hybridized carbons (Fsp3) is 0.250. The molecule has 0 aromatic heterocycles. The van der Waals surface area contributed by atoms with Crippen molar-refractivity contribution >= 4 is 10.1 Å². The Kier molecular flexibility index (Phi) is 4.65. The van der Waals surface area contributed by atoms with Gasteiger partial charge in [0.05, 0.1) is 6.10 Å². The van der Waals surface area contributed by atoms with E-state index in [9.17, 15) is 35.5 Å². The van der Waals surface area contributed by atoms with Gasteiger partial charge in [0.15, 0.2) is 0 Å². The van der Waals surface area contributed by atoms with E-state index in [4.69, 9.17) is 0 Å². The van der Waals surface area contributed by atoms with Crippen LogP contribution in [0.2, 0.25) is 0 Å². The highest BCUT2D eigenvalue weighted by atomic mass is 32.2. The summed E-state index contributed by atoms with van der Waals surface area (Å²) < 4.78 is 95.3. The summed E-state index contributed by atoms with van der Waals surface area (Å²) in [4.78, 5) is -0.533. The van der Waals surface area contributed by atoms with E-state index in [0.29, 0.717) is 30.4 Å². The summed E-state index contributed by atoms with van der Waals surface area (Å²) in [5.41, 5.74) is 0.997. The van der Waals surface area contributed by atoms with Crippen molar-refractivity contribution in [3.63, 3.8) is 0 Å². The van der Waals surface area contributed by atoms with Gasteiger partial charge in [0.25, 0.3) is 0 Å². The number of rotatable bonds is 3. The van der Waals surface area contributed by atoms with Crippen molar-refractivity contribution < 1.29 is 39.7 Å². The lowest BCUT2D eigenvalue weighted by molar-refractivity contribution is 0.156. The largest absolute Gasteiger partial charge is 0.388 e. The molecule has 1 atom stereocenters. The SMILES string of the molecule is O=S(=O)(Oc1c(F)c(F)c(F)c(F)c1F)c1ccc2c(c1)CCCC2O. The van der Waals surface area contributed by atoms with E-state index in [2.05, 4.69) is 4.18 Å². The Morgan fingerprint density at radius 3 is 2.15 bits per heavy atom. The van der Waals surface area contributed by atoms with Crippen LogP contribution in [0.3, 0.4) is 0 Å². The van der Waals surface area contributed by atoms with Crippen molar-refractivity contribution in [2.45, 2.75) is 30.3 Å². The Morgan fingerprint density at radius 1 is 0.962 bits per heavy atom. The van der Waals surface area contributed by atoms with E-state index in [1.807, 2.05) is 0 Å². The highest BCUT2D eigenvalue weighted by molar-refractivity contribution is 7.87. The van der Waals surface area contributed by atoms with Crippen LogP contribution in [0.4, 0.5) is 22.0 Å². The highest BCUT2D eigenvalue weighted by Gasteiger charge is 2.31. The van der Waals surface area contributed by atoms with Gasteiger partial charge in [-0.05, 0) is 42.5 Å². The van der Waals surface area contributed by atoms with Gasteiger partial charge in [-0.2, -0.15) is 17.2 Å². The first-order chi connectivity index (χ1) is 12.1. The first-order valence-corrected chi connectivity index (χ1v) is 8.81. The summed E-state index contributed by atoms with van der Waals surface area (Å²) in [5.74, 6) is -13.7. The van der Waals surface area contributed by atoms with Crippen LogP contribution in [0, 0.1) is 29.1 Å². The summed E-state index contributed by atoms with van der Waals surface area (Å²) in [6.07, 6.45) is 0.779. The maximum atomic E-state index is 13.6. The molecule has 0 saturated carbocycles. The third-order valence-electron chi connectivity index (χ3n) is 4.05. The number of fused-ring (bicyclic) bond motifs is 1. The number of aliphatic hydroxyl groups excluding tert-OH is 1. The standard InChI is InChI=1S/C16H11F5O4S/c17-11-12(18)14(20)16(15(21)13(11)19)25-26(23,24)8-4-5-9-7(6-8)2-1-3-10(9)22/h4-6,10,22H,1-3H2. The molecule has 1 aliphatic carbocycles. The van der Waals surface area contributed by atoms with E-state index in [1.165, 1.54) is 6.07 Å². The van der Waals surface area contributed by atoms with Gasteiger partial charge in [-0.25, -0.2) is 13.2 Å². The third kappa shape index (κ3) is 3.03. The highest BCUT2D eigenvalue weighted by Crippen LogP contribution is 2.34. The van der Waals surface area contributed by atoms with Crippen molar-refractivity contribution in [2.24, 2.45) is 0 Å². The van der Waals surface area contributed by atoms with E-state index in [-0.39, 0.29) is 0 Å². The van der Waals surface area contributed by atoms with Gasteiger partial charge in [0, 0.05) is 0 Å². The fourth-order valence-corrected chi connectivity index (χ4v) is 3.72. The van der Waals surface area contributed by atoms with Crippen LogP contribution in [0.5, 0.6) is 5.75 Å². The zero-order valence-electron chi connectivity index (χ0n) is 12.9. The molecular formula is C16H11F5O4S. The predicted molar refractivity (Wildman–Crippen MR) is 78.4 cm³/mol. The second-order valence-corrected chi connectivity index (χ2v) is 7.25. The number of hydrogen-bond donors (Lipinski definition) is 1. The van der Waals surface area contributed by atoms with Gasteiger partial charge < -0.3 is 9.29 Å². The van der Waals surface area contributed by atoms with Crippen molar-refractivity contribution in [2.75, 3.05) is 0 Å². The number of halogens is 5. The Morgan fingerprint density at radius 2 is 1.54 bits per heavy atom. The molecule has 10 heteroatoms. The normalized spacial score (nSPS) is 17.1. The van der Waals surface area contributed by atoms with Crippen LogP contribution in [-0.2, 0) is 16.5 Å². The van der Waals surface area contributed by atoms with Crippen LogP contribution in [-0.4, -0.2) is 13.5 Å². The lowest BCUT2D eigenvalue weighted by atomic mass is 9.90. The third-order valence-corrected chi connectivity index (χ3v) is 5.27. The number of aryl methyl sites for hydroxylation is 1. The summed E-state index contributed by atoms with van der Waals surface area (Å²) in [5, 5.41) is 9.85. The molecule has 26 heavy (non-hydrogen) atoms. The topological polar surface area (TPSA) is 63.6 Å². The molecule has 0 radical (unpaired) electrons. The smallest absolute Gasteiger partial charge is 0.339 e. The van der Waals surface area contributed by atoms with Gasteiger partial charge in [0.2, 0.25) is 34.8 Å². The summed E-state index contributed by atoms with van der Waals surface area (Å²) in [6, 6.07) is 3.47. The minimum atomic E-state index is -4.87. The van der Waals surface area contributed by atoms with Gasteiger partial charge in [0.1, 0.15) is 4.90 Å². The molecule has 1 aliphatic rings. The first kappa shape index (κ1) is 18.6. The zero-order chi connectivity index (χ0) is 19.2. The van der Waals surface area contributed by atoms with Crippen LogP contribution in [0.1, 0.15) is 30.1 Å². The minimum Gasteiger partial charge on any atom is -0.388 e. The number of benzene rings is 2. The van der Waals surface area contributed by atoms with E-state index in [1.54, 1.807) is 0 Å². The molecule has 0 spiro atoms. The average molecular weight is 394 g/mol. The van der Waals surface area contributed by atoms with Crippen molar-refractivity contribution in [1.29, 1.82) is 0 Å². The van der Waals surface area contributed by atoms with Gasteiger partial charge in [-0.15, -0.1) is 0 Å². The van der Waals surface area contributed by atoms with Crippen LogP contribution in [0.15, 0.2) is 23.1 Å². The second-order valence-electron chi connectivity index (χ2n) is 5.71. The summed E-state index contributed by atoms with van der Waals surface area (Å²) >= 11 is 0. The quantitative estimate of drug-likeness (QED) is 0.375. The number of hydrogen-bond acceptors (Lipinski definition) is 4. The van der Waals surface area contributed by atoms with Crippen LogP contribution in [0.25, 0.3) is 0 Å². The molecule has 1 N–H and O–H groups in total. The molecule has 0 amide bonds. The van der Waals surface area contributed by atoms with Crippen LogP contribution < -0.4 is 4.18 Å². The lowest BCUT2D eigenvalue weighted by Crippen LogP contribution is -2.16. The van der Waals surface area contributed by atoms with Gasteiger partial charge in [-0.1, -0.05) is 6.07 Å². The molecule has 4 nitrogen and oxygen atoms in total. The van der Waals surface area contributed by atoms with Crippen molar-refractivity contribution in [1.82, 2.24) is 0 Å². The van der Waals surface area contributed by atoms with E-state index in [0.717, 1.165) is 12.1 Å². The maximum absolute atomic E-state index is 13.6. The Balaban J connectivity index is 2.04. The second kappa shape index (κ2) is 6.51. The van der Waals surface area contributed by atoms with E-state index >= 15 is 0 Å². The Bertz CT molecular complexity index is 962. The van der Waals surface area contributed by atoms with E-state index < -0.39 is 56.0 Å². The van der Waals surface area contributed by atoms with Crippen molar-refractivity contribution in [3.05, 3.63) is 58.4 Å². The monoisotopic (exact) mass is 394 g/mol. The summed E-state index contributed by atoms with van der Waals surface area (Å²) in [6.45, 7) is 0. The molecule has 0 bridgehead atoms. The molecule has 3 rings (SSSR count). The Labute approximate surface area is 145 Å². The molecule has 0 heterocycles. The molecule has 2 aromatic carbocycles. The molecule has 140 valence electrons. The van der Waals surface area contributed by atoms with Gasteiger partial charge in [-0.3, -0.25) is 0 Å². The first-order valence-electron chi connectivity index (χ1n) is 7.40. The maximum Gasteiger partial charge on any atom is 0.339 e. The van der Waals surface area contributed by atoms with Gasteiger partial charge >= 0.3 is 10.1 Å². The molecule has 0 fully saturated rings. The zero-order valence-corrected chi connectivity index (χ0v) is 13.7. The van der Waals surface area contributed by atoms with Crippen molar-refractivity contribution in [3.8, 4) is 5.75 Å². The molecule has 0 saturated heterocycles. The molecule has 0 aliphatic heterocycles. The summed E-state index contributed by atoms with van der Waals surface area (Å²) in [7, 11) is -4.87. The fourth-order valence-electron chi connectivity index (χ4n) is 2.74. The average Bonchev–Trinajstić information content (AvgIpc) is 2.62. The molecule has 2 aromatic rings. The molecular weight excluding hydrogens is 383 g/mol. The lowest BCUT2D eigenvalue weighted by Gasteiger charge is -2.21. The Hall–Kier alpha value is -2.20.